The summed E-state index contributed by atoms with van der Waals surface area (Å²) >= 11 is 0. The number of carbonyl (C=O) groups excluding carboxylic acids is 1. The van der Waals surface area contributed by atoms with Gasteiger partial charge in [0.25, 0.3) is 11.5 Å². The zero-order chi connectivity index (χ0) is 23.0. The molecular weight excluding hydrogens is 392 g/mol. The number of fused-ring (bicyclic) bond motifs is 1. The van der Waals surface area contributed by atoms with E-state index in [9.17, 15) is 14.7 Å². The molecule has 2 aromatic rings. The quantitative estimate of drug-likeness (QED) is 0.575. The van der Waals surface area contributed by atoms with Gasteiger partial charge in [-0.2, -0.15) is 0 Å². The van der Waals surface area contributed by atoms with Crippen molar-refractivity contribution >= 4 is 16.8 Å². The normalized spacial score (nSPS) is 14.7. The third-order valence-electron chi connectivity index (χ3n) is 6.11. The molecule has 1 aliphatic carbocycles. The maximum atomic E-state index is 13.2. The second kappa shape index (κ2) is 11.1. The Labute approximate surface area is 184 Å². The Morgan fingerprint density at radius 1 is 1.29 bits per heavy atom. The van der Waals surface area contributed by atoms with Crippen LogP contribution in [-0.4, -0.2) is 32.8 Å². The Morgan fingerprint density at radius 2 is 1.94 bits per heavy atom. The Kier molecular flexibility index (Phi) is 8.87. The van der Waals surface area contributed by atoms with E-state index in [-0.39, 0.29) is 29.2 Å². The fourth-order valence-electron chi connectivity index (χ4n) is 4.55. The third kappa shape index (κ3) is 5.56. The van der Waals surface area contributed by atoms with Crippen molar-refractivity contribution in [2.24, 2.45) is 0 Å². The van der Waals surface area contributed by atoms with Gasteiger partial charge >= 0.3 is 0 Å². The molecule has 3 rings (SSSR count). The third-order valence-corrected chi connectivity index (χ3v) is 6.11. The number of amides is 1. The smallest absolute Gasteiger partial charge is 0.263 e. The van der Waals surface area contributed by atoms with Gasteiger partial charge < -0.3 is 20.1 Å². The van der Waals surface area contributed by atoms with Gasteiger partial charge in [-0.1, -0.05) is 38.5 Å². The number of pyridine rings is 1. The summed E-state index contributed by atoms with van der Waals surface area (Å²) in [6.45, 7) is 9.65. The van der Waals surface area contributed by atoms with Gasteiger partial charge in [-0.3, -0.25) is 9.59 Å². The summed E-state index contributed by atoms with van der Waals surface area (Å²) in [5.74, 6) is -0.269. The second-order valence-corrected chi connectivity index (χ2v) is 8.33. The van der Waals surface area contributed by atoms with Crippen LogP contribution in [0, 0.1) is 0 Å². The number of rotatable bonds is 7. The standard InChI is InChI=1S/C23H32N2O3.C2H4O/c1-4-16-10-11-17-15-19(21(27)24-23(3)12-6-7-13-23)22(28)25(5-2)20(17)18(16)9-8-14-26;1-2-3/h10-11,15,26H,4-9,12-14H2,1-3H3,(H,24,27);2-3H,1H2. The molecule has 1 aliphatic rings. The van der Waals surface area contributed by atoms with E-state index in [4.69, 9.17) is 5.11 Å². The molecule has 170 valence electrons. The topological polar surface area (TPSA) is 91.6 Å². The number of nitrogens with zero attached hydrogens (tertiary/aromatic N) is 1. The fourth-order valence-corrected chi connectivity index (χ4v) is 4.55. The minimum absolute atomic E-state index is 0.120. The van der Waals surface area contributed by atoms with Crippen LogP contribution >= 0.6 is 0 Å². The molecule has 3 N–H and O–H groups in total. The Bertz CT molecular complexity index is 972. The predicted octanol–water partition coefficient (Wildman–Crippen LogP) is 4.26. The van der Waals surface area contributed by atoms with Crippen LogP contribution in [-0.2, 0) is 19.4 Å². The Morgan fingerprint density at radius 3 is 2.48 bits per heavy atom. The number of aromatic nitrogens is 1. The van der Waals surface area contributed by atoms with Crippen LogP contribution in [0.3, 0.4) is 0 Å². The zero-order valence-electron chi connectivity index (χ0n) is 19.0. The fraction of sp³-hybridized carbons (Fsp3) is 0.520. The highest BCUT2D eigenvalue weighted by Crippen LogP contribution is 2.29. The number of aryl methyl sites for hydroxylation is 3. The number of benzene rings is 1. The summed E-state index contributed by atoms with van der Waals surface area (Å²) in [4.78, 5) is 26.2. The van der Waals surface area contributed by atoms with Crippen LogP contribution in [0.4, 0.5) is 0 Å². The molecule has 0 radical (unpaired) electrons. The number of aliphatic hydroxyl groups is 2. The Hall–Kier alpha value is -2.60. The number of hydrogen-bond donors (Lipinski definition) is 3. The first kappa shape index (κ1) is 24.7. The van der Waals surface area contributed by atoms with E-state index in [1.807, 2.05) is 13.0 Å². The highest BCUT2D eigenvalue weighted by molar-refractivity contribution is 5.98. The van der Waals surface area contributed by atoms with E-state index in [1.54, 1.807) is 10.6 Å². The minimum Gasteiger partial charge on any atom is -0.516 e. The van der Waals surface area contributed by atoms with Crippen molar-refractivity contribution < 1.29 is 15.0 Å². The number of aliphatic hydroxyl groups excluding tert-OH is 2. The molecule has 1 fully saturated rings. The Balaban J connectivity index is 0.00000107. The molecule has 0 saturated heterocycles. The lowest BCUT2D eigenvalue weighted by molar-refractivity contribution is 0.0906. The van der Waals surface area contributed by atoms with E-state index < -0.39 is 0 Å². The van der Waals surface area contributed by atoms with Crippen LogP contribution in [0.2, 0.25) is 0 Å². The lowest BCUT2D eigenvalue weighted by Crippen LogP contribution is -2.45. The van der Waals surface area contributed by atoms with Crippen LogP contribution < -0.4 is 10.9 Å². The van der Waals surface area contributed by atoms with Gasteiger partial charge in [-0.15, -0.1) is 0 Å². The molecule has 0 atom stereocenters. The lowest BCUT2D eigenvalue weighted by Gasteiger charge is -2.25. The van der Waals surface area contributed by atoms with Gasteiger partial charge in [-0.25, -0.2) is 0 Å². The molecule has 0 unspecified atom stereocenters. The summed E-state index contributed by atoms with van der Waals surface area (Å²) in [6, 6.07) is 5.84. The predicted molar refractivity (Wildman–Crippen MR) is 126 cm³/mol. The average Bonchev–Trinajstić information content (AvgIpc) is 3.17. The van der Waals surface area contributed by atoms with Crippen molar-refractivity contribution in [3.05, 3.63) is 58.1 Å². The summed E-state index contributed by atoms with van der Waals surface area (Å²) in [5, 5.41) is 20.7. The van der Waals surface area contributed by atoms with Crippen molar-refractivity contribution in [3.8, 4) is 0 Å². The van der Waals surface area contributed by atoms with E-state index >= 15 is 0 Å². The maximum absolute atomic E-state index is 13.2. The first-order valence-corrected chi connectivity index (χ1v) is 11.2. The van der Waals surface area contributed by atoms with Gasteiger partial charge in [0, 0.05) is 18.7 Å². The largest absolute Gasteiger partial charge is 0.516 e. The van der Waals surface area contributed by atoms with E-state index in [0.717, 1.165) is 61.3 Å². The number of hydrogen-bond acceptors (Lipinski definition) is 4. The van der Waals surface area contributed by atoms with Gasteiger partial charge in [0.05, 0.1) is 11.8 Å². The van der Waals surface area contributed by atoms with Gasteiger partial charge in [-0.05, 0) is 68.5 Å². The molecule has 6 heteroatoms. The van der Waals surface area contributed by atoms with Crippen LogP contribution in [0.5, 0.6) is 0 Å². The second-order valence-electron chi connectivity index (χ2n) is 8.33. The molecule has 0 bridgehead atoms. The molecule has 1 aromatic carbocycles. The highest BCUT2D eigenvalue weighted by Gasteiger charge is 2.31. The van der Waals surface area contributed by atoms with Crippen molar-refractivity contribution in [1.82, 2.24) is 9.88 Å². The summed E-state index contributed by atoms with van der Waals surface area (Å²) in [5.41, 5.74) is 2.99. The minimum atomic E-state index is -0.269. The molecule has 6 nitrogen and oxygen atoms in total. The van der Waals surface area contributed by atoms with Crippen molar-refractivity contribution in [3.63, 3.8) is 0 Å². The van der Waals surface area contributed by atoms with E-state index in [1.165, 1.54) is 5.56 Å². The molecule has 1 amide bonds. The first-order valence-electron chi connectivity index (χ1n) is 11.2. The van der Waals surface area contributed by atoms with Gasteiger partial charge in [0.1, 0.15) is 5.56 Å². The summed E-state index contributed by atoms with van der Waals surface area (Å²) in [7, 11) is 0. The molecular formula is C25H36N2O4. The zero-order valence-corrected chi connectivity index (χ0v) is 19.0. The molecule has 1 saturated carbocycles. The lowest BCUT2D eigenvalue weighted by atomic mass is 9.95. The first-order chi connectivity index (χ1) is 14.9. The molecule has 31 heavy (non-hydrogen) atoms. The van der Waals surface area contributed by atoms with Crippen LogP contribution in [0.1, 0.15) is 74.4 Å². The highest BCUT2D eigenvalue weighted by atomic mass is 16.3. The number of carbonyl (C=O) groups is 1. The van der Waals surface area contributed by atoms with Gasteiger partial charge in [0.15, 0.2) is 0 Å². The van der Waals surface area contributed by atoms with Crippen molar-refractivity contribution in [1.29, 1.82) is 0 Å². The molecule has 1 heterocycles. The number of nitrogens with one attached hydrogen (secondary N) is 1. The van der Waals surface area contributed by atoms with Crippen LogP contribution in [0.25, 0.3) is 10.9 Å². The molecule has 1 aromatic heterocycles. The van der Waals surface area contributed by atoms with E-state index in [0.29, 0.717) is 13.0 Å². The van der Waals surface area contributed by atoms with Gasteiger partial charge in [0.2, 0.25) is 0 Å². The average molecular weight is 429 g/mol. The SMILES string of the molecule is C=CO.CCc1ccc2cc(C(=O)NC3(C)CCCC3)c(=O)n(CC)c2c1CCCO. The summed E-state index contributed by atoms with van der Waals surface area (Å²) in [6.07, 6.45) is 7.14. The maximum Gasteiger partial charge on any atom is 0.263 e. The van der Waals surface area contributed by atoms with Crippen LogP contribution in [0.15, 0.2) is 35.8 Å². The van der Waals surface area contributed by atoms with Crippen molar-refractivity contribution in [2.75, 3.05) is 6.61 Å². The van der Waals surface area contributed by atoms with E-state index in [2.05, 4.69) is 31.8 Å². The monoisotopic (exact) mass is 428 g/mol. The summed E-state index contributed by atoms with van der Waals surface area (Å²) < 4.78 is 1.73. The molecule has 0 aliphatic heterocycles. The molecule has 0 spiro atoms. The van der Waals surface area contributed by atoms with Crippen molar-refractivity contribution in [2.45, 2.75) is 77.8 Å².